The minimum absolute atomic E-state index is 0.467. The van der Waals surface area contributed by atoms with Gasteiger partial charge in [-0.25, -0.2) is 4.98 Å². The third kappa shape index (κ3) is 3.88. The first-order valence-electron chi connectivity index (χ1n) is 10.1. The molecule has 5 nitrogen and oxygen atoms in total. The zero-order valence-corrected chi connectivity index (χ0v) is 18.2. The molecule has 0 saturated carbocycles. The SMILES string of the molecule is Clc1cc(Cl)c2c(c1)C(C[C@H]1CCCN(c3nc4nc(Cl)ccc4[nH]3)C1)CCN2. The number of aromatic nitrogens is 3. The summed E-state index contributed by atoms with van der Waals surface area (Å²) in [6, 6.07) is 7.62. The van der Waals surface area contributed by atoms with E-state index in [1.165, 1.54) is 12.0 Å². The van der Waals surface area contributed by atoms with Crippen LogP contribution in [0.2, 0.25) is 15.2 Å². The number of nitrogens with one attached hydrogen (secondary N) is 2. The molecule has 0 radical (unpaired) electrons. The smallest absolute Gasteiger partial charge is 0.205 e. The number of rotatable bonds is 3. The third-order valence-electron chi connectivity index (χ3n) is 6.06. The van der Waals surface area contributed by atoms with Crippen LogP contribution in [-0.4, -0.2) is 34.6 Å². The van der Waals surface area contributed by atoms with Gasteiger partial charge in [-0.15, -0.1) is 0 Å². The van der Waals surface area contributed by atoms with Gasteiger partial charge < -0.3 is 15.2 Å². The van der Waals surface area contributed by atoms with E-state index in [1.54, 1.807) is 6.07 Å². The number of hydrogen-bond donors (Lipinski definition) is 2. The lowest BCUT2D eigenvalue weighted by atomic mass is 9.81. The normalized spacial score (nSPS) is 21.8. The topological polar surface area (TPSA) is 56.8 Å². The lowest BCUT2D eigenvalue weighted by molar-refractivity contribution is 0.354. The van der Waals surface area contributed by atoms with E-state index in [1.807, 2.05) is 12.1 Å². The van der Waals surface area contributed by atoms with Crippen LogP contribution in [0.4, 0.5) is 11.6 Å². The molecule has 0 aliphatic carbocycles. The molecule has 2 aliphatic heterocycles. The van der Waals surface area contributed by atoms with Crippen molar-refractivity contribution in [2.24, 2.45) is 5.92 Å². The van der Waals surface area contributed by atoms with Gasteiger partial charge in [0.15, 0.2) is 5.65 Å². The van der Waals surface area contributed by atoms with Gasteiger partial charge in [-0.3, -0.25) is 0 Å². The summed E-state index contributed by atoms with van der Waals surface area (Å²) in [5.74, 6) is 1.96. The number of H-pyrrole nitrogens is 1. The summed E-state index contributed by atoms with van der Waals surface area (Å²) in [6.45, 7) is 2.94. The van der Waals surface area contributed by atoms with E-state index in [9.17, 15) is 0 Å². The van der Waals surface area contributed by atoms with Crippen LogP contribution < -0.4 is 10.2 Å². The molecule has 2 N–H and O–H groups in total. The molecule has 1 fully saturated rings. The number of benzene rings is 1. The van der Waals surface area contributed by atoms with Crippen LogP contribution in [0.25, 0.3) is 11.2 Å². The summed E-state index contributed by atoms with van der Waals surface area (Å²) < 4.78 is 0. The van der Waals surface area contributed by atoms with Crippen LogP contribution in [-0.2, 0) is 0 Å². The van der Waals surface area contributed by atoms with E-state index >= 15 is 0 Å². The van der Waals surface area contributed by atoms with E-state index < -0.39 is 0 Å². The molecule has 1 saturated heterocycles. The second-order valence-corrected chi connectivity index (χ2v) is 9.25. The van der Waals surface area contributed by atoms with Gasteiger partial charge >= 0.3 is 0 Å². The van der Waals surface area contributed by atoms with Crippen molar-refractivity contribution in [3.05, 3.63) is 45.0 Å². The number of hydrogen-bond acceptors (Lipinski definition) is 4. The van der Waals surface area contributed by atoms with Crippen molar-refractivity contribution in [2.75, 3.05) is 29.9 Å². The van der Waals surface area contributed by atoms with Gasteiger partial charge in [-0.2, -0.15) is 4.98 Å². The number of imidazole rings is 1. The molecule has 2 atom stereocenters. The van der Waals surface area contributed by atoms with Crippen LogP contribution in [0.1, 0.15) is 37.2 Å². The molecule has 5 rings (SSSR count). The van der Waals surface area contributed by atoms with Gasteiger partial charge in [0.2, 0.25) is 5.95 Å². The number of anilines is 2. The van der Waals surface area contributed by atoms with Crippen LogP contribution in [0.15, 0.2) is 24.3 Å². The Bertz CT molecular complexity index is 1050. The van der Waals surface area contributed by atoms with Crippen molar-refractivity contribution < 1.29 is 0 Å². The lowest BCUT2D eigenvalue weighted by Crippen LogP contribution is -2.37. The Balaban J connectivity index is 1.34. The fourth-order valence-electron chi connectivity index (χ4n) is 4.73. The molecule has 8 heteroatoms. The standard InChI is InChI=1S/C21H22Cl3N5/c22-14-9-15-13(5-6-25-19(15)16(23)10-14)8-12-2-1-7-29(11-12)21-26-17-3-4-18(24)27-20(17)28-21/h3-4,9-10,12-13,25H,1-2,5-8,11H2,(H,26,27,28)/t12-,13?/m1/s1. The minimum atomic E-state index is 0.467. The van der Waals surface area contributed by atoms with Gasteiger partial charge in [0, 0.05) is 24.7 Å². The summed E-state index contributed by atoms with van der Waals surface area (Å²) in [5, 5.41) is 5.34. The molecule has 0 spiro atoms. The zero-order valence-electron chi connectivity index (χ0n) is 15.9. The van der Waals surface area contributed by atoms with Crippen molar-refractivity contribution >= 4 is 57.6 Å². The predicted octanol–water partition coefficient (Wildman–Crippen LogP) is 6.12. The first kappa shape index (κ1) is 19.3. The molecular formula is C21H22Cl3N5. The number of pyridine rings is 1. The minimum Gasteiger partial charge on any atom is -0.384 e. The zero-order chi connectivity index (χ0) is 20.0. The van der Waals surface area contributed by atoms with Crippen molar-refractivity contribution in [1.82, 2.24) is 15.0 Å². The number of halogens is 3. The molecule has 4 heterocycles. The van der Waals surface area contributed by atoms with Crippen LogP contribution in [0.5, 0.6) is 0 Å². The van der Waals surface area contributed by atoms with Crippen LogP contribution >= 0.6 is 34.8 Å². The number of nitrogens with zero attached hydrogens (tertiary/aromatic N) is 3. The molecule has 2 aromatic heterocycles. The monoisotopic (exact) mass is 449 g/mol. The molecule has 2 aliphatic rings. The number of aromatic amines is 1. The van der Waals surface area contributed by atoms with Gasteiger partial charge in [0.05, 0.1) is 16.2 Å². The predicted molar refractivity (Wildman–Crippen MR) is 121 cm³/mol. The van der Waals surface area contributed by atoms with Crippen molar-refractivity contribution in [3.63, 3.8) is 0 Å². The highest BCUT2D eigenvalue weighted by molar-refractivity contribution is 6.36. The maximum atomic E-state index is 6.43. The molecule has 0 amide bonds. The van der Waals surface area contributed by atoms with Gasteiger partial charge in [0.1, 0.15) is 5.15 Å². The molecule has 3 aromatic rings. The summed E-state index contributed by atoms with van der Waals surface area (Å²) in [7, 11) is 0. The second kappa shape index (κ2) is 7.86. The lowest BCUT2D eigenvalue weighted by Gasteiger charge is -2.36. The number of piperidine rings is 1. The van der Waals surface area contributed by atoms with E-state index in [2.05, 4.69) is 31.2 Å². The Labute approximate surface area is 184 Å². The molecule has 29 heavy (non-hydrogen) atoms. The van der Waals surface area contributed by atoms with Crippen LogP contribution in [0, 0.1) is 5.92 Å². The maximum absolute atomic E-state index is 6.43. The van der Waals surface area contributed by atoms with Gasteiger partial charge in [-0.05, 0) is 67.3 Å². The van der Waals surface area contributed by atoms with Crippen LogP contribution in [0.3, 0.4) is 0 Å². The van der Waals surface area contributed by atoms with E-state index in [-0.39, 0.29) is 0 Å². The van der Waals surface area contributed by atoms with Crippen molar-refractivity contribution in [2.45, 2.75) is 31.6 Å². The Morgan fingerprint density at radius 1 is 1.10 bits per heavy atom. The molecule has 0 bridgehead atoms. The Morgan fingerprint density at radius 3 is 2.90 bits per heavy atom. The highest BCUT2D eigenvalue weighted by atomic mass is 35.5. The Hall–Kier alpha value is -1.69. The quantitative estimate of drug-likeness (QED) is 0.472. The summed E-state index contributed by atoms with van der Waals surface area (Å²) >= 11 is 18.7. The molecule has 152 valence electrons. The van der Waals surface area contributed by atoms with E-state index in [4.69, 9.17) is 34.8 Å². The maximum Gasteiger partial charge on any atom is 0.205 e. The fraction of sp³-hybridized carbons (Fsp3) is 0.429. The fourth-order valence-corrected chi connectivity index (χ4v) is 5.45. The van der Waals surface area contributed by atoms with Gasteiger partial charge in [-0.1, -0.05) is 34.8 Å². The molecule has 1 aromatic carbocycles. The number of fused-ring (bicyclic) bond motifs is 2. The average molecular weight is 451 g/mol. The van der Waals surface area contributed by atoms with E-state index in [0.717, 1.165) is 61.1 Å². The Morgan fingerprint density at radius 2 is 2.00 bits per heavy atom. The average Bonchev–Trinajstić information content (AvgIpc) is 3.12. The third-order valence-corrected chi connectivity index (χ3v) is 6.78. The first-order valence-corrected chi connectivity index (χ1v) is 11.2. The highest BCUT2D eigenvalue weighted by Gasteiger charge is 2.29. The van der Waals surface area contributed by atoms with E-state index in [0.29, 0.717) is 27.7 Å². The largest absolute Gasteiger partial charge is 0.384 e. The van der Waals surface area contributed by atoms with Crippen molar-refractivity contribution in [1.29, 1.82) is 0 Å². The highest BCUT2D eigenvalue weighted by Crippen LogP contribution is 2.42. The molecular weight excluding hydrogens is 429 g/mol. The summed E-state index contributed by atoms with van der Waals surface area (Å²) in [4.78, 5) is 14.7. The Kier molecular flexibility index (Phi) is 5.23. The summed E-state index contributed by atoms with van der Waals surface area (Å²) in [5.41, 5.74) is 3.91. The summed E-state index contributed by atoms with van der Waals surface area (Å²) in [6.07, 6.45) is 4.62. The second-order valence-electron chi connectivity index (χ2n) is 8.02. The molecule has 1 unspecified atom stereocenters. The van der Waals surface area contributed by atoms with Crippen molar-refractivity contribution in [3.8, 4) is 0 Å². The van der Waals surface area contributed by atoms with Gasteiger partial charge in [0.25, 0.3) is 0 Å². The first-order chi connectivity index (χ1) is 14.1.